The molecule has 0 aromatic carbocycles. The third-order valence-corrected chi connectivity index (χ3v) is 2.39. The van der Waals surface area contributed by atoms with Crippen LogP contribution in [0.25, 0.3) is 0 Å². The minimum Gasteiger partial charge on any atom is -0.371 e. The number of alkyl halides is 1. The van der Waals surface area contributed by atoms with Crippen LogP contribution in [0, 0.1) is 0 Å². The van der Waals surface area contributed by atoms with Crippen molar-refractivity contribution < 1.29 is 4.74 Å². The molecule has 0 aromatic rings. The van der Waals surface area contributed by atoms with Crippen molar-refractivity contribution in [1.82, 2.24) is 5.32 Å². The monoisotopic (exact) mass is 191 g/mol. The zero-order chi connectivity index (χ0) is 9.03. The lowest BCUT2D eigenvalue weighted by Gasteiger charge is -2.19. The minimum absolute atomic E-state index is 0.0906. The number of hydrogen-bond donors (Lipinski definition) is 1. The van der Waals surface area contributed by atoms with Crippen molar-refractivity contribution >= 4 is 11.6 Å². The highest BCUT2D eigenvalue weighted by Crippen LogP contribution is 2.28. The third-order valence-electron chi connectivity index (χ3n) is 2.20. The molecule has 0 aliphatic carbocycles. The van der Waals surface area contributed by atoms with Crippen LogP contribution in [0.2, 0.25) is 0 Å². The molecule has 1 N–H and O–H groups in total. The van der Waals surface area contributed by atoms with E-state index in [0.717, 1.165) is 13.1 Å². The van der Waals surface area contributed by atoms with Crippen molar-refractivity contribution in [2.45, 2.75) is 38.4 Å². The maximum Gasteiger partial charge on any atom is 0.0707 e. The summed E-state index contributed by atoms with van der Waals surface area (Å²) < 4.78 is 5.79. The first-order valence-corrected chi connectivity index (χ1v) is 5.12. The van der Waals surface area contributed by atoms with E-state index in [1.165, 1.54) is 12.8 Å². The second kappa shape index (κ2) is 4.45. The lowest BCUT2D eigenvalue weighted by Crippen LogP contribution is -2.30. The molecule has 12 heavy (non-hydrogen) atoms. The van der Waals surface area contributed by atoms with Crippen LogP contribution in [0.1, 0.15) is 26.7 Å². The first-order chi connectivity index (χ1) is 5.64. The van der Waals surface area contributed by atoms with Crippen LogP contribution in [0.3, 0.4) is 0 Å². The lowest BCUT2D eigenvalue weighted by molar-refractivity contribution is -0.0139. The summed E-state index contributed by atoms with van der Waals surface area (Å²) in [7, 11) is 0. The number of rotatable bonds is 4. The van der Waals surface area contributed by atoms with Gasteiger partial charge in [0.15, 0.2) is 0 Å². The molecule has 1 saturated heterocycles. The SMILES string of the molecule is CC1(C)CCC(CNCCCl)O1. The summed E-state index contributed by atoms with van der Waals surface area (Å²) in [6, 6.07) is 0. The Labute approximate surface area is 79.6 Å². The van der Waals surface area contributed by atoms with Crippen LogP contribution in [0.15, 0.2) is 0 Å². The van der Waals surface area contributed by atoms with E-state index in [0.29, 0.717) is 12.0 Å². The molecule has 0 radical (unpaired) electrons. The fourth-order valence-corrected chi connectivity index (χ4v) is 1.68. The second-order valence-electron chi connectivity index (χ2n) is 3.93. The van der Waals surface area contributed by atoms with Gasteiger partial charge >= 0.3 is 0 Å². The predicted molar refractivity (Wildman–Crippen MR) is 51.8 cm³/mol. The quantitative estimate of drug-likeness (QED) is 0.540. The van der Waals surface area contributed by atoms with Crippen LogP contribution in [-0.4, -0.2) is 30.7 Å². The van der Waals surface area contributed by atoms with Gasteiger partial charge in [-0.25, -0.2) is 0 Å². The van der Waals surface area contributed by atoms with E-state index in [2.05, 4.69) is 19.2 Å². The summed E-state index contributed by atoms with van der Waals surface area (Å²) in [5.74, 6) is 0.677. The number of nitrogens with one attached hydrogen (secondary N) is 1. The van der Waals surface area contributed by atoms with E-state index in [1.54, 1.807) is 0 Å². The van der Waals surface area contributed by atoms with Gasteiger partial charge in [0.1, 0.15) is 0 Å². The zero-order valence-corrected chi connectivity index (χ0v) is 8.66. The molecule has 2 nitrogen and oxygen atoms in total. The van der Waals surface area contributed by atoms with Crippen LogP contribution in [-0.2, 0) is 4.74 Å². The Balaban J connectivity index is 2.11. The maximum atomic E-state index is 5.79. The molecule has 0 amide bonds. The van der Waals surface area contributed by atoms with Gasteiger partial charge in [-0.05, 0) is 26.7 Å². The Bertz CT molecular complexity index is 138. The van der Waals surface area contributed by atoms with Crippen molar-refractivity contribution in [3.8, 4) is 0 Å². The second-order valence-corrected chi connectivity index (χ2v) is 4.31. The summed E-state index contributed by atoms with van der Waals surface area (Å²) in [5, 5.41) is 3.26. The van der Waals surface area contributed by atoms with Crippen molar-refractivity contribution in [2.75, 3.05) is 19.0 Å². The largest absolute Gasteiger partial charge is 0.371 e. The van der Waals surface area contributed by atoms with E-state index in [-0.39, 0.29) is 5.60 Å². The molecule has 0 saturated carbocycles. The fourth-order valence-electron chi connectivity index (χ4n) is 1.55. The summed E-state index contributed by atoms with van der Waals surface area (Å²) in [5.41, 5.74) is 0.0906. The number of ether oxygens (including phenoxy) is 1. The van der Waals surface area contributed by atoms with Crippen molar-refractivity contribution in [2.24, 2.45) is 0 Å². The third kappa shape index (κ3) is 3.30. The Kier molecular flexibility index (Phi) is 3.81. The average molecular weight is 192 g/mol. The molecule has 72 valence electrons. The van der Waals surface area contributed by atoms with Gasteiger partial charge in [0.25, 0.3) is 0 Å². The van der Waals surface area contributed by atoms with E-state index in [4.69, 9.17) is 16.3 Å². The molecule has 1 unspecified atom stereocenters. The minimum atomic E-state index is 0.0906. The number of halogens is 1. The summed E-state index contributed by atoms with van der Waals surface area (Å²) in [4.78, 5) is 0. The molecule has 1 aliphatic heterocycles. The standard InChI is InChI=1S/C9H18ClNO/c1-9(2)4-3-8(12-9)7-11-6-5-10/h8,11H,3-7H2,1-2H3. The Hall–Kier alpha value is 0.210. The molecule has 1 fully saturated rings. The highest BCUT2D eigenvalue weighted by atomic mass is 35.5. The van der Waals surface area contributed by atoms with Gasteiger partial charge < -0.3 is 10.1 Å². The van der Waals surface area contributed by atoms with Gasteiger partial charge in [-0.3, -0.25) is 0 Å². The van der Waals surface area contributed by atoms with Crippen LogP contribution < -0.4 is 5.32 Å². The highest BCUT2D eigenvalue weighted by Gasteiger charge is 2.30. The summed E-state index contributed by atoms with van der Waals surface area (Å²) in [6.45, 7) is 6.11. The van der Waals surface area contributed by atoms with Gasteiger partial charge in [-0.1, -0.05) is 0 Å². The average Bonchev–Trinajstić information content (AvgIpc) is 2.31. The predicted octanol–water partition coefficient (Wildman–Crippen LogP) is 1.77. The first kappa shape index (κ1) is 10.3. The van der Waals surface area contributed by atoms with Crippen LogP contribution in [0.5, 0.6) is 0 Å². The fraction of sp³-hybridized carbons (Fsp3) is 1.00. The number of hydrogen-bond acceptors (Lipinski definition) is 2. The maximum absolute atomic E-state index is 5.79. The molecule has 0 aromatic heterocycles. The molecule has 3 heteroatoms. The molecular weight excluding hydrogens is 174 g/mol. The van der Waals surface area contributed by atoms with E-state index >= 15 is 0 Å². The van der Waals surface area contributed by atoms with E-state index in [9.17, 15) is 0 Å². The van der Waals surface area contributed by atoms with E-state index in [1.807, 2.05) is 0 Å². The van der Waals surface area contributed by atoms with Gasteiger partial charge in [0.2, 0.25) is 0 Å². The molecule has 1 atom stereocenters. The van der Waals surface area contributed by atoms with E-state index < -0.39 is 0 Å². The molecule has 1 aliphatic rings. The highest BCUT2D eigenvalue weighted by molar-refractivity contribution is 6.18. The normalized spacial score (nSPS) is 27.8. The molecule has 1 rings (SSSR count). The molecule has 1 heterocycles. The van der Waals surface area contributed by atoms with Gasteiger partial charge in [0.05, 0.1) is 11.7 Å². The molecular formula is C9H18ClNO. The van der Waals surface area contributed by atoms with Crippen LogP contribution in [0.4, 0.5) is 0 Å². The summed E-state index contributed by atoms with van der Waals surface area (Å²) in [6.07, 6.45) is 2.73. The first-order valence-electron chi connectivity index (χ1n) is 4.58. The summed E-state index contributed by atoms with van der Waals surface area (Å²) >= 11 is 5.54. The topological polar surface area (TPSA) is 21.3 Å². The van der Waals surface area contributed by atoms with Gasteiger partial charge in [0, 0.05) is 19.0 Å². The Morgan fingerprint density at radius 2 is 2.33 bits per heavy atom. The van der Waals surface area contributed by atoms with Crippen molar-refractivity contribution in [1.29, 1.82) is 0 Å². The lowest BCUT2D eigenvalue weighted by atomic mass is 10.1. The Morgan fingerprint density at radius 1 is 1.58 bits per heavy atom. The molecule has 0 bridgehead atoms. The van der Waals surface area contributed by atoms with Gasteiger partial charge in [-0.15, -0.1) is 11.6 Å². The van der Waals surface area contributed by atoms with Crippen molar-refractivity contribution in [3.63, 3.8) is 0 Å². The zero-order valence-electron chi connectivity index (χ0n) is 7.90. The van der Waals surface area contributed by atoms with Gasteiger partial charge in [-0.2, -0.15) is 0 Å². The Morgan fingerprint density at radius 3 is 2.83 bits per heavy atom. The van der Waals surface area contributed by atoms with Crippen LogP contribution >= 0.6 is 11.6 Å². The molecule has 0 spiro atoms. The smallest absolute Gasteiger partial charge is 0.0707 e. The van der Waals surface area contributed by atoms with Crippen molar-refractivity contribution in [3.05, 3.63) is 0 Å².